The minimum absolute atomic E-state index is 0.0227. The van der Waals surface area contributed by atoms with Crippen molar-refractivity contribution in [2.75, 3.05) is 25.4 Å². The van der Waals surface area contributed by atoms with Crippen LogP contribution in [-0.2, 0) is 14.8 Å². The van der Waals surface area contributed by atoms with Crippen molar-refractivity contribution in [3.8, 4) is 0 Å². The van der Waals surface area contributed by atoms with Gasteiger partial charge in [-0.2, -0.15) is 4.31 Å². The average molecular weight is 333 g/mol. The van der Waals surface area contributed by atoms with Crippen molar-refractivity contribution in [1.82, 2.24) is 4.31 Å². The molecule has 1 heterocycles. The van der Waals surface area contributed by atoms with E-state index in [-0.39, 0.29) is 16.7 Å². The lowest BCUT2D eigenvalue weighted by atomic mass is 10.2. The summed E-state index contributed by atoms with van der Waals surface area (Å²) < 4.78 is 32.4. The van der Waals surface area contributed by atoms with Crippen LogP contribution in [0.15, 0.2) is 17.0 Å². The van der Waals surface area contributed by atoms with Gasteiger partial charge in [-0.15, -0.1) is 0 Å². The molecule has 21 heavy (non-hydrogen) atoms. The van der Waals surface area contributed by atoms with Crippen LogP contribution < -0.4 is 5.73 Å². The van der Waals surface area contributed by atoms with E-state index in [1.54, 1.807) is 13.0 Å². The number of sulfonamides is 1. The molecule has 0 bridgehead atoms. The van der Waals surface area contributed by atoms with Crippen LogP contribution in [0.1, 0.15) is 25.3 Å². The normalized spacial score (nSPS) is 19.3. The maximum absolute atomic E-state index is 12.7. The van der Waals surface area contributed by atoms with Crippen LogP contribution in [0, 0.1) is 6.92 Å². The summed E-state index contributed by atoms with van der Waals surface area (Å²) in [7, 11) is -3.59. The monoisotopic (exact) mass is 332 g/mol. The second kappa shape index (κ2) is 6.52. The first-order valence-corrected chi connectivity index (χ1v) is 8.85. The summed E-state index contributed by atoms with van der Waals surface area (Å²) in [5.74, 6) is 0. The number of halogens is 1. The summed E-state index contributed by atoms with van der Waals surface area (Å²) in [4.78, 5) is 0.182. The Bertz CT molecular complexity index is 590. The molecule has 1 atom stereocenters. The van der Waals surface area contributed by atoms with Crippen LogP contribution in [0.2, 0.25) is 5.02 Å². The predicted molar refractivity (Wildman–Crippen MR) is 84.0 cm³/mol. The Hall–Kier alpha value is -0.820. The number of ether oxygens (including phenoxy) is 1. The highest BCUT2D eigenvalue weighted by atomic mass is 35.5. The molecule has 1 aromatic rings. The SMILES string of the molecule is CCN(CC1CCCO1)S(=O)(=O)c1cc(C)c(Cl)c(N)c1. The highest BCUT2D eigenvalue weighted by Crippen LogP contribution is 2.29. The summed E-state index contributed by atoms with van der Waals surface area (Å²) in [5, 5.41) is 0.399. The molecule has 1 fully saturated rings. The van der Waals surface area contributed by atoms with E-state index in [4.69, 9.17) is 22.1 Å². The second-order valence-corrected chi connectivity index (χ2v) is 7.55. The third kappa shape index (κ3) is 3.51. The minimum Gasteiger partial charge on any atom is -0.397 e. The van der Waals surface area contributed by atoms with Gasteiger partial charge in [-0.25, -0.2) is 8.42 Å². The van der Waals surface area contributed by atoms with E-state index >= 15 is 0 Å². The summed E-state index contributed by atoms with van der Waals surface area (Å²) in [6, 6.07) is 2.98. The zero-order chi connectivity index (χ0) is 15.6. The number of rotatable bonds is 5. The van der Waals surface area contributed by atoms with Gasteiger partial charge in [0, 0.05) is 19.7 Å². The van der Waals surface area contributed by atoms with E-state index < -0.39 is 10.0 Å². The molecule has 2 rings (SSSR count). The van der Waals surface area contributed by atoms with Crippen LogP contribution >= 0.6 is 11.6 Å². The molecule has 0 aliphatic carbocycles. The smallest absolute Gasteiger partial charge is 0.243 e. The highest BCUT2D eigenvalue weighted by molar-refractivity contribution is 7.89. The summed E-state index contributed by atoms with van der Waals surface area (Å²) >= 11 is 6.00. The molecule has 0 aromatic heterocycles. The number of nitrogens with zero attached hydrogens (tertiary/aromatic N) is 1. The summed E-state index contributed by atoms with van der Waals surface area (Å²) in [6.07, 6.45) is 1.86. The zero-order valence-electron chi connectivity index (χ0n) is 12.3. The van der Waals surface area contributed by atoms with E-state index in [0.717, 1.165) is 12.8 Å². The third-order valence-electron chi connectivity index (χ3n) is 3.68. The Morgan fingerprint density at radius 1 is 1.48 bits per heavy atom. The predicted octanol–water partition coefficient (Wildman–Crippen LogP) is 2.42. The van der Waals surface area contributed by atoms with Crippen molar-refractivity contribution in [2.24, 2.45) is 0 Å². The van der Waals surface area contributed by atoms with Gasteiger partial charge in [0.05, 0.1) is 21.7 Å². The van der Waals surface area contributed by atoms with Gasteiger partial charge in [-0.3, -0.25) is 0 Å². The quantitative estimate of drug-likeness (QED) is 0.840. The van der Waals surface area contributed by atoms with Gasteiger partial charge in [0.2, 0.25) is 10.0 Å². The molecule has 5 nitrogen and oxygen atoms in total. The maximum Gasteiger partial charge on any atom is 0.243 e. The first-order valence-electron chi connectivity index (χ1n) is 7.03. The molecular formula is C14H21ClN2O3S. The first kappa shape index (κ1) is 16.5. The second-order valence-electron chi connectivity index (χ2n) is 5.23. The third-order valence-corrected chi connectivity index (χ3v) is 6.11. The van der Waals surface area contributed by atoms with Crippen molar-refractivity contribution in [3.05, 3.63) is 22.7 Å². The number of hydrogen-bond donors (Lipinski definition) is 1. The number of anilines is 1. The van der Waals surface area contributed by atoms with Gasteiger partial charge in [-0.1, -0.05) is 18.5 Å². The number of likely N-dealkylation sites (N-methyl/N-ethyl adjacent to an activating group) is 1. The van der Waals surface area contributed by atoms with Crippen molar-refractivity contribution in [2.45, 2.75) is 37.7 Å². The fraction of sp³-hybridized carbons (Fsp3) is 0.571. The Morgan fingerprint density at radius 2 is 2.19 bits per heavy atom. The molecule has 1 aliphatic rings. The van der Waals surface area contributed by atoms with Crippen LogP contribution in [-0.4, -0.2) is 38.5 Å². The molecule has 1 aliphatic heterocycles. The van der Waals surface area contributed by atoms with Gasteiger partial charge in [-0.05, 0) is 37.5 Å². The maximum atomic E-state index is 12.7. The molecule has 0 amide bonds. The molecule has 1 aromatic carbocycles. The highest BCUT2D eigenvalue weighted by Gasteiger charge is 2.28. The standard InChI is InChI=1S/C14H21ClN2O3S/c1-3-17(9-11-5-4-6-20-11)21(18,19)12-7-10(2)14(15)13(16)8-12/h7-8,11H,3-6,9,16H2,1-2H3. The van der Waals surface area contributed by atoms with E-state index in [1.165, 1.54) is 10.4 Å². The first-order chi connectivity index (χ1) is 9.86. The van der Waals surface area contributed by atoms with Crippen LogP contribution in [0.4, 0.5) is 5.69 Å². The Morgan fingerprint density at radius 3 is 2.71 bits per heavy atom. The zero-order valence-corrected chi connectivity index (χ0v) is 13.9. The Labute approximate surface area is 131 Å². The molecule has 0 spiro atoms. The van der Waals surface area contributed by atoms with Crippen molar-refractivity contribution >= 4 is 27.3 Å². The van der Waals surface area contributed by atoms with Gasteiger partial charge >= 0.3 is 0 Å². The summed E-state index contributed by atoms with van der Waals surface area (Å²) in [5.41, 5.74) is 6.72. The van der Waals surface area contributed by atoms with Gasteiger partial charge in [0.1, 0.15) is 0 Å². The van der Waals surface area contributed by atoms with Crippen LogP contribution in [0.3, 0.4) is 0 Å². The summed E-state index contributed by atoms with van der Waals surface area (Å²) in [6.45, 7) is 5.03. The lowest BCUT2D eigenvalue weighted by molar-refractivity contribution is 0.0947. The van der Waals surface area contributed by atoms with Gasteiger partial charge in [0.25, 0.3) is 0 Å². The van der Waals surface area contributed by atoms with Gasteiger partial charge in [0.15, 0.2) is 0 Å². The molecule has 0 saturated carbocycles. The lowest BCUT2D eigenvalue weighted by Crippen LogP contribution is -2.37. The Kier molecular flexibility index (Phi) is 5.14. The van der Waals surface area contributed by atoms with E-state index in [1.807, 2.05) is 6.92 Å². The fourth-order valence-corrected chi connectivity index (χ4v) is 4.18. The van der Waals surface area contributed by atoms with E-state index in [0.29, 0.717) is 30.3 Å². The van der Waals surface area contributed by atoms with E-state index in [9.17, 15) is 8.42 Å². The number of nitrogens with two attached hydrogens (primary N) is 1. The molecule has 2 N–H and O–H groups in total. The average Bonchev–Trinajstić information content (AvgIpc) is 2.94. The topological polar surface area (TPSA) is 72.6 Å². The van der Waals surface area contributed by atoms with Crippen molar-refractivity contribution in [3.63, 3.8) is 0 Å². The van der Waals surface area contributed by atoms with Crippen molar-refractivity contribution < 1.29 is 13.2 Å². The molecule has 7 heteroatoms. The molecular weight excluding hydrogens is 312 g/mol. The van der Waals surface area contributed by atoms with Crippen LogP contribution in [0.25, 0.3) is 0 Å². The number of aryl methyl sites for hydroxylation is 1. The van der Waals surface area contributed by atoms with E-state index in [2.05, 4.69) is 0 Å². The molecule has 1 saturated heterocycles. The number of benzene rings is 1. The van der Waals surface area contributed by atoms with Crippen LogP contribution in [0.5, 0.6) is 0 Å². The number of nitrogen functional groups attached to an aromatic ring is 1. The minimum atomic E-state index is -3.59. The Balaban J connectivity index is 2.30. The van der Waals surface area contributed by atoms with Crippen molar-refractivity contribution in [1.29, 1.82) is 0 Å². The lowest BCUT2D eigenvalue weighted by Gasteiger charge is -2.24. The molecule has 1 unspecified atom stereocenters. The van der Waals surface area contributed by atoms with Gasteiger partial charge < -0.3 is 10.5 Å². The number of hydrogen-bond acceptors (Lipinski definition) is 4. The fourth-order valence-electron chi connectivity index (χ4n) is 2.47. The molecule has 118 valence electrons. The largest absolute Gasteiger partial charge is 0.397 e. The molecule has 0 radical (unpaired) electrons.